The topological polar surface area (TPSA) is 29.9 Å². The van der Waals surface area contributed by atoms with Crippen LogP contribution in [0.4, 0.5) is 0 Å². The smallest absolute Gasteiger partial charge is 0.0627 e. The van der Waals surface area contributed by atoms with Gasteiger partial charge in [0.1, 0.15) is 0 Å². The predicted octanol–water partition coefficient (Wildman–Crippen LogP) is 2.95. The molecule has 1 N–H and O–H groups in total. The summed E-state index contributed by atoms with van der Waals surface area (Å²) in [6.45, 7) is 5.42. The minimum Gasteiger partial charge on any atom is -0.310 e. The highest BCUT2D eigenvalue weighted by Gasteiger charge is 2.19. The van der Waals surface area contributed by atoms with E-state index in [0.717, 1.165) is 18.7 Å². The van der Waals surface area contributed by atoms with Crippen LogP contribution in [-0.2, 0) is 13.5 Å². The summed E-state index contributed by atoms with van der Waals surface area (Å²) in [7, 11) is 1.97. The van der Waals surface area contributed by atoms with Crippen LogP contribution in [0.5, 0.6) is 0 Å². The zero-order valence-electron chi connectivity index (χ0n) is 12.0. The van der Waals surface area contributed by atoms with Crippen molar-refractivity contribution in [3.8, 4) is 0 Å². The summed E-state index contributed by atoms with van der Waals surface area (Å²) in [5.41, 5.74) is 2.52. The molecule has 0 aliphatic carbocycles. The van der Waals surface area contributed by atoms with E-state index in [9.17, 15) is 0 Å². The SMILES string of the molecule is CCNC(c1ccccc1)C(C)Cc1ccn(C)n1. The molecule has 102 valence electrons. The predicted molar refractivity (Wildman–Crippen MR) is 78.9 cm³/mol. The van der Waals surface area contributed by atoms with Gasteiger partial charge < -0.3 is 5.32 Å². The summed E-state index contributed by atoms with van der Waals surface area (Å²) in [5, 5.41) is 8.07. The second kappa shape index (κ2) is 6.53. The molecule has 0 aliphatic rings. The first-order valence-corrected chi connectivity index (χ1v) is 6.97. The van der Waals surface area contributed by atoms with Crippen molar-refractivity contribution in [2.45, 2.75) is 26.3 Å². The molecule has 0 fully saturated rings. The number of aromatic nitrogens is 2. The molecule has 2 rings (SSSR count). The van der Waals surface area contributed by atoms with Gasteiger partial charge in [-0.2, -0.15) is 5.10 Å². The van der Waals surface area contributed by atoms with Crippen molar-refractivity contribution < 1.29 is 0 Å². The number of benzene rings is 1. The maximum Gasteiger partial charge on any atom is 0.0627 e. The lowest BCUT2D eigenvalue weighted by Gasteiger charge is -2.24. The van der Waals surface area contributed by atoms with Crippen molar-refractivity contribution in [1.82, 2.24) is 15.1 Å². The monoisotopic (exact) mass is 257 g/mol. The van der Waals surface area contributed by atoms with Crippen molar-refractivity contribution in [1.29, 1.82) is 0 Å². The van der Waals surface area contributed by atoms with Crippen LogP contribution in [-0.4, -0.2) is 16.3 Å². The number of rotatable bonds is 6. The van der Waals surface area contributed by atoms with Crippen LogP contribution >= 0.6 is 0 Å². The molecule has 2 unspecified atom stereocenters. The van der Waals surface area contributed by atoms with E-state index in [0.29, 0.717) is 12.0 Å². The minimum absolute atomic E-state index is 0.383. The zero-order chi connectivity index (χ0) is 13.7. The Bertz CT molecular complexity index is 490. The maximum absolute atomic E-state index is 4.48. The molecule has 0 aliphatic heterocycles. The van der Waals surface area contributed by atoms with E-state index >= 15 is 0 Å². The lowest BCUT2D eigenvalue weighted by atomic mass is 9.91. The molecule has 0 spiro atoms. The average Bonchev–Trinajstić information content (AvgIpc) is 2.82. The van der Waals surface area contributed by atoms with Crippen LogP contribution < -0.4 is 5.32 Å². The molecule has 0 saturated heterocycles. The first kappa shape index (κ1) is 13.8. The largest absolute Gasteiger partial charge is 0.310 e. The van der Waals surface area contributed by atoms with E-state index in [-0.39, 0.29) is 0 Å². The fourth-order valence-electron chi connectivity index (χ4n) is 2.55. The Labute approximate surface area is 115 Å². The molecule has 2 aromatic rings. The second-order valence-corrected chi connectivity index (χ2v) is 5.11. The van der Waals surface area contributed by atoms with Gasteiger partial charge in [-0.05, 0) is 30.5 Å². The van der Waals surface area contributed by atoms with E-state index in [1.165, 1.54) is 5.56 Å². The Hall–Kier alpha value is -1.61. The first-order valence-electron chi connectivity index (χ1n) is 6.97. The second-order valence-electron chi connectivity index (χ2n) is 5.11. The summed E-state index contributed by atoms with van der Waals surface area (Å²) in [6, 6.07) is 13.2. The summed E-state index contributed by atoms with van der Waals surface area (Å²) < 4.78 is 1.87. The van der Waals surface area contributed by atoms with Crippen LogP contribution in [0.1, 0.15) is 31.1 Å². The summed E-state index contributed by atoms with van der Waals surface area (Å²) in [6.07, 6.45) is 3.00. The van der Waals surface area contributed by atoms with Gasteiger partial charge in [-0.3, -0.25) is 4.68 Å². The molecular formula is C16H23N3. The van der Waals surface area contributed by atoms with Gasteiger partial charge in [-0.25, -0.2) is 0 Å². The normalized spacial score (nSPS) is 14.3. The number of aryl methyl sites for hydroxylation is 1. The van der Waals surface area contributed by atoms with Gasteiger partial charge in [0.05, 0.1) is 5.69 Å². The molecule has 0 bridgehead atoms. The number of hydrogen-bond acceptors (Lipinski definition) is 2. The van der Waals surface area contributed by atoms with E-state index in [1.807, 2.05) is 17.9 Å². The van der Waals surface area contributed by atoms with Crippen LogP contribution in [0, 0.1) is 5.92 Å². The summed E-state index contributed by atoms with van der Waals surface area (Å²) >= 11 is 0. The molecule has 0 saturated carbocycles. The quantitative estimate of drug-likeness (QED) is 0.862. The molecule has 19 heavy (non-hydrogen) atoms. The third-order valence-corrected chi connectivity index (χ3v) is 3.45. The Morgan fingerprint density at radius 3 is 2.53 bits per heavy atom. The van der Waals surface area contributed by atoms with E-state index in [2.05, 4.69) is 60.7 Å². The van der Waals surface area contributed by atoms with Gasteiger partial charge in [0, 0.05) is 19.3 Å². The van der Waals surface area contributed by atoms with Gasteiger partial charge in [0.25, 0.3) is 0 Å². The Kier molecular flexibility index (Phi) is 4.74. The van der Waals surface area contributed by atoms with Gasteiger partial charge in [0.15, 0.2) is 0 Å². The summed E-state index contributed by atoms with van der Waals surface area (Å²) in [5.74, 6) is 0.511. The fraction of sp³-hybridized carbons (Fsp3) is 0.438. The number of nitrogens with zero attached hydrogens (tertiary/aromatic N) is 2. The molecule has 1 heterocycles. The maximum atomic E-state index is 4.48. The zero-order valence-corrected chi connectivity index (χ0v) is 12.0. The Morgan fingerprint density at radius 1 is 1.21 bits per heavy atom. The van der Waals surface area contributed by atoms with Gasteiger partial charge in [0.2, 0.25) is 0 Å². The van der Waals surface area contributed by atoms with E-state index in [4.69, 9.17) is 0 Å². The highest BCUT2D eigenvalue weighted by molar-refractivity contribution is 5.20. The highest BCUT2D eigenvalue weighted by Crippen LogP contribution is 2.24. The third kappa shape index (κ3) is 3.67. The van der Waals surface area contributed by atoms with Crippen molar-refractivity contribution in [3.05, 3.63) is 53.9 Å². The molecule has 1 aromatic carbocycles. The van der Waals surface area contributed by atoms with Crippen molar-refractivity contribution in [2.24, 2.45) is 13.0 Å². The average molecular weight is 257 g/mol. The molecule has 3 nitrogen and oxygen atoms in total. The van der Waals surface area contributed by atoms with Crippen LogP contribution in [0.2, 0.25) is 0 Å². The van der Waals surface area contributed by atoms with Gasteiger partial charge >= 0.3 is 0 Å². The lowest BCUT2D eigenvalue weighted by molar-refractivity contribution is 0.388. The van der Waals surface area contributed by atoms with Crippen molar-refractivity contribution in [3.63, 3.8) is 0 Å². The van der Waals surface area contributed by atoms with Gasteiger partial charge in [-0.1, -0.05) is 44.2 Å². The van der Waals surface area contributed by atoms with Crippen molar-refractivity contribution >= 4 is 0 Å². The van der Waals surface area contributed by atoms with Crippen molar-refractivity contribution in [2.75, 3.05) is 6.54 Å². The molecule has 0 radical (unpaired) electrons. The molecular weight excluding hydrogens is 234 g/mol. The number of nitrogens with one attached hydrogen (secondary N) is 1. The molecule has 1 aromatic heterocycles. The van der Waals surface area contributed by atoms with Crippen LogP contribution in [0.15, 0.2) is 42.6 Å². The molecule has 0 amide bonds. The van der Waals surface area contributed by atoms with Crippen LogP contribution in [0.25, 0.3) is 0 Å². The first-order chi connectivity index (χ1) is 9.20. The lowest BCUT2D eigenvalue weighted by Crippen LogP contribution is -2.28. The van der Waals surface area contributed by atoms with E-state index < -0.39 is 0 Å². The third-order valence-electron chi connectivity index (χ3n) is 3.45. The van der Waals surface area contributed by atoms with Gasteiger partial charge in [-0.15, -0.1) is 0 Å². The number of hydrogen-bond donors (Lipinski definition) is 1. The Balaban J connectivity index is 2.10. The fourth-order valence-corrected chi connectivity index (χ4v) is 2.55. The minimum atomic E-state index is 0.383. The standard InChI is InChI=1S/C16H23N3/c1-4-17-16(14-8-6-5-7-9-14)13(2)12-15-10-11-19(3)18-15/h5-11,13,16-17H,4,12H2,1-3H3. The summed E-state index contributed by atoms with van der Waals surface area (Å²) in [4.78, 5) is 0. The van der Waals surface area contributed by atoms with E-state index in [1.54, 1.807) is 0 Å². The Morgan fingerprint density at radius 2 is 1.95 bits per heavy atom. The molecule has 3 heteroatoms. The highest BCUT2D eigenvalue weighted by atomic mass is 15.2. The van der Waals surface area contributed by atoms with Crippen LogP contribution in [0.3, 0.4) is 0 Å². The molecule has 2 atom stereocenters.